The highest BCUT2D eigenvalue weighted by molar-refractivity contribution is 6.00. The minimum Gasteiger partial charge on any atom is -0.458 e. The highest BCUT2D eigenvalue weighted by Gasteiger charge is 2.70. The van der Waals surface area contributed by atoms with Crippen LogP contribution in [0.2, 0.25) is 0 Å². The third-order valence-corrected chi connectivity index (χ3v) is 13.5. The Labute approximate surface area is 342 Å². The molecule has 1 N–H and O–H groups in total. The lowest BCUT2D eigenvalue weighted by Crippen LogP contribution is -2.60. The van der Waals surface area contributed by atoms with Crippen molar-refractivity contribution in [2.75, 3.05) is 34.3 Å². The molecule has 13 heteroatoms. The average molecular weight is 806 g/mol. The number of aliphatic hydroxyl groups is 1. The molecule has 58 heavy (non-hydrogen) atoms. The first-order valence-corrected chi connectivity index (χ1v) is 20.8. The summed E-state index contributed by atoms with van der Waals surface area (Å²) in [5.41, 5.74) is -2.04. The molecule has 1 aromatic heterocycles. The summed E-state index contributed by atoms with van der Waals surface area (Å²) in [5, 5.41) is 12.7. The van der Waals surface area contributed by atoms with E-state index in [9.17, 15) is 19.5 Å². The van der Waals surface area contributed by atoms with Crippen LogP contribution in [0.4, 0.5) is 0 Å². The topological polar surface area (TPSA) is 154 Å². The number of ketones is 2. The first kappa shape index (κ1) is 44.0. The number of nitrogens with zero attached hydrogens (tertiary/aromatic N) is 3. The van der Waals surface area contributed by atoms with Crippen LogP contribution in [0.5, 0.6) is 0 Å². The van der Waals surface area contributed by atoms with Crippen molar-refractivity contribution in [3.8, 4) is 0 Å². The molecule has 0 aliphatic carbocycles. The van der Waals surface area contributed by atoms with E-state index in [0.29, 0.717) is 12.8 Å². The lowest BCUT2D eigenvalue weighted by atomic mass is 9.62. The van der Waals surface area contributed by atoms with Crippen LogP contribution in [0.25, 0.3) is 17.0 Å². The molecular formula is C45H63N3O10. The molecule has 6 rings (SSSR count). The predicted octanol–water partition coefficient (Wildman–Crippen LogP) is 4.86. The Balaban J connectivity index is 1.43. The van der Waals surface area contributed by atoms with Gasteiger partial charge in [-0.05, 0) is 85.8 Å². The Bertz CT molecular complexity index is 1900. The zero-order valence-electron chi connectivity index (χ0n) is 36.0. The van der Waals surface area contributed by atoms with Crippen molar-refractivity contribution in [2.24, 2.45) is 29.1 Å². The standard InChI is InChI=1S/C45H63N3O10/c1-12-33-45(8)37-34(41(53)58-45)48(11)24-43(37,6)38(51)25(2)22-44(7,54-19-15-16-29-21-30-17-13-14-18-31(30)46-23-29)39(27(4)35(49)28(5)40(52)56-33)57-42-36(50)32(47(9)10)20-26(3)55-42/h13-18,21,23,25-28,32-34,36-37,39,42,50H,12,19-20,22,24H2,1-11H3/b16-15+/t25-,26-,27+,28-,32+,33-,34-,36-,37-,39-,42+,43-,44+,45-/m1/s1. The van der Waals surface area contributed by atoms with Gasteiger partial charge in [0.15, 0.2) is 17.7 Å². The van der Waals surface area contributed by atoms with Gasteiger partial charge < -0.3 is 33.7 Å². The van der Waals surface area contributed by atoms with Crippen LogP contribution >= 0.6 is 0 Å². The average Bonchev–Trinajstić information content (AvgIpc) is 3.64. The van der Waals surface area contributed by atoms with Gasteiger partial charge >= 0.3 is 11.9 Å². The number of ether oxygens (including phenoxy) is 5. The second-order valence-electron chi connectivity index (χ2n) is 18.2. The predicted molar refractivity (Wildman–Crippen MR) is 217 cm³/mol. The minimum atomic E-state index is -1.36. The van der Waals surface area contributed by atoms with Crippen LogP contribution in [0, 0.1) is 29.1 Å². The van der Waals surface area contributed by atoms with Gasteiger partial charge in [-0.1, -0.05) is 58.0 Å². The molecule has 2 aromatic rings. The van der Waals surface area contributed by atoms with Crippen LogP contribution in [-0.2, 0) is 42.9 Å². The maximum absolute atomic E-state index is 15.2. The molecule has 4 aliphatic heterocycles. The number of para-hydroxylation sites is 1. The third-order valence-electron chi connectivity index (χ3n) is 13.5. The van der Waals surface area contributed by atoms with Gasteiger partial charge in [0.25, 0.3) is 0 Å². The summed E-state index contributed by atoms with van der Waals surface area (Å²) in [5.74, 6) is -5.36. The monoisotopic (exact) mass is 805 g/mol. The van der Waals surface area contributed by atoms with Crippen molar-refractivity contribution in [2.45, 2.75) is 129 Å². The van der Waals surface area contributed by atoms with E-state index in [0.717, 1.165) is 16.5 Å². The number of cyclic esters (lactones) is 1. The second kappa shape index (κ2) is 16.8. The van der Waals surface area contributed by atoms with E-state index in [1.54, 1.807) is 20.0 Å². The van der Waals surface area contributed by atoms with E-state index >= 15 is 4.79 Å². The zero-order valence-corrected chi connectivity index (χ0v) is 36.0. The molecule has 1 aromatic carbocycles. The number of carbonyl (C=O) groups is 4. The molecular weight excluding hydrogens is 743 g/mol. The molecule has 5 heterocycles. The van der Waals surface area contributed by atoms with E-state index in [2.05, 4.69) is 4.98 Å². The van der Waals surface area contributed by atoms with Crippen molar-refractivity contribution in [1.29, 1.82) is 0 Å². The molecule has 13 nitrogen and oxygen atoms in total. The molecule has 318 valence electrons. The normalized spacial score (nSPS) is 40.5. The Hall–Kier alpha value is -3.59. The molecule has 0 radical (unpaired) electrons. The van der Waals surface area contributed by atoms with E-state index in [1.807, 2.05) is 108 Å². The van der Waals surface area contributed by atoms with Gasteiger partial charge in [-0.15, -0.1) is 0 Å². The summed E-state index contributed by atoms with van der Waals surface area (Å²) < 4.78 is 32.2. The molecule has 0 saturated carbocycles. The number of fused-ring (bicyclic) bond motifs is 1. The lowest BCUT2D eigenvalue weighted by molar-refractivity contribution is -0.296. The van der Waals surface area contributed by atoms with E-state index < -0.39 is 88.7 Å². The number of hydrogen-bond acceptors (Lipinski definition) is 13. The van der Waals surface area contributed by atoms with Crippen LogP contribution in [0.3, 0.4) is 0 Å². The fourth-order valence-corrected chi connectivity index (χ4v) is 10.6. The number of hydrogen-bond donors (Lipinski definition) is 1. The number of pyridine rings is 1. The Morgan fingerprint density at radius 3 is 2.45 bits per heavy atom. The van der Waals surface area contributed by atoms with Crippen molar-refractivity contribution in [1.82, 2.24) is 14.8 Å². The molecule has 4 saturated heterocycles. The van der Waals surface area contributed by atoms with Gasteiger partial charge in [-0.3, -0.25) is 29.1 Å². The molecule has 4 fully saturated rings. The van der Waals surface area contributed by atoms with Crippen molar-refractivity contribution < 1.29 is 48.0 Å². The minimum absolute atomic E-state index is 0.0662. The highest BCUT2D eigenvalue weighted by Crippen LogP contribution is 2.55. The van der Waals surface area contributed by atoms with Gasteiger partial charge in [0.05, 0.1) is 29.9 Å². The Morgan fingerprint density at radius 2 is 1.76 bits per heavy atom. The van der Waals surface area contributed by atoms with Gasteiger partial charge in [-0.25, -0.2) is 0 Å². The first-order valence-electron chi connectivity index (χ1n) is 20.8. The largest absolute Gasteiger partial charge is 0.458 e. The number of esters is 2. The Kier molecular flexibility index (Phi) is 12.7. The maximum atomic E-state index is 15.2. The maximum Gasteiger partial charge on any atom is 0.324 e. The number of rotatable bonds is 8. The zero-order chi connectivity index (χ0) is 42.5. The van der Waals surface area contributed by atoms with Crippen molar-refractivity contribution >= 4 is 40.5 Å². The molecule has 0 spiro atoms. The highest BCUT2D eigenvalue weighted by atomic mass is 16.7. The van der Waals surface area contributed by atoms with Gasteiger partial charge in [-0.2, -0.15) is 0 Å². The summed E-state index contributed by atoms with van der Waals surface area (Å²) >= 11 is 0. The quantitative estimate of drug-likeness (QED) is 0.286. The molecule has 0 unspecified atom stereocenters. The number of carbonyl (C=O) groups excluding carboxylic acids is 4. The molecule has 0 bridgehead atoms. The summed E-state index contributed by atoms with van der Waals surface area (Å²) in [7, 11) is 5.57. The summed E-state index contributed by atoms with van der Waals surface area (Å²) in [6.45, 7) is 14.6. The molecule has 0 amide bonds. The number of likely N-dealkylation sites (N-methyl/N-ethyl adjacent to an activating group) is 2. The van der Waals surface area contributed by atoms with Gasteiger partial charge in [0.1, 0.15) is 30.0 Å². The van der Waals surface area contributed by atoms with Crippen LogP contribution in [-0.4, -0.2) is 132 Å². The smallest absolute Gasteiger partial charge is 0.324 e. The lowest BCUT2D eigenvalue weighted by Gasteiger charge is -2.48. The van der Waals surface area contributed by atoms with E-state index in [1.165, 1.54) is 6.92 Å². The molecule has 14 atom stereocenters. The molecule has 4 aliphatic rings. The van der Waals surface area contributed by atoms with Crippen molar-refractivity contribution in [3.05, 3.63) is 48.2 Å². The number of likely N-dealkylation sites (tertiary alicyclic amines) is 1. The van der Waals surface area contributed by atoms with Crippen LogP contribution in [0.1, 0.15) is 80.2 Å². The second-order valence-corrected chi connectivity index (χ2v) is 18.2. The Morgan fingerprint density at radius 1 is 1.05 bits per heavy atom. The summed E-state index contributed by atoms with van der Waals surface area (Å²) in [4.78, 5) is 65.7. The number of Topliss-reactive ketones (excluding diaryl/α,β-unsaturated/α-hetero) is 2. The van der Waals surface area contributed by atoms with Gasteiger partial charge in [0, 0.05) is 47.3 Å². The number of benzene rings is 1. The first-order chi connectivity index (χ1) is 27.2. The number of aromatic nitrogens is 1. The fraction of sp³-hybridized carbons (Fsp3) is 0.667. The van der Waals surface area contributed by atoms with Crippen molar-refractivity contribution in [3.63, 3.8) is 0 Å². The van der Waals surface area contributed by atoms with E-state index in [-0.39, 0.29) is 37.5 Å². The SMILES string of the molecule is CC[C@H]1OC(=O)[C@H](C)C(=O)[C@H](C)[C@@H](O[C@@H]2O[C@H](C)C[C@H](N(C)C)[C@H]2O)[C@@](C)(OC/C=C/c2cnc3ccccc3c2)C[C@@H](C)C(=O)[C@]2(C)CN(C)[C@H]3C(=O)O[C@@]1(C)[C@H]32. The number of aliphatic hydroxyl groups excluding tert-OH is 1. The van der Waals surface area contributed by atoms with Crippen LogP contribution in [0.15, 0.2) is 42.6 Å². The van der Waals surface area contributed by atoms with Crippen LogP contribution < -0.4 is 0 Å². The fourth-order valence-electron chi connectivity index (χ4n) is 10.6. The summed E-state index contributed by atoms with van der Waals surface area (Å²) in [6, 6.07) is 8.84. The third kappa shape index (κ3) is 8.02. The van der Waals surface area contributed by atoms with Gasteiger partial charge in [0.2, 0.25) is 0 Å². The van der Waals surface area contributed by atoms with E-state index in [4.69, 9.17) is 23.7 Å². The summed E-state index contributed by atoms with van der Waals surface area (Å²) in [6.07, 6.45) is 1.95.